The van der Waals surface area contributed by atoms with Gasteiger partial charge >= 0.3 is 0 Å². The van der Waals surface area contributed by atoms with Crippen molar-refractivity contribution in [2.24, 2.45) is 0 Å². The second-order valence-electron chi connectivity index (χ2n) is 6.70. The number of piperidine rings is 1. The van der Waals surface area contributed by atoms with E-state index in [0.717, 1.165) is 31.6 Å². The first-order valence-electron chi connectivity index (χ1n) is 9.10. The summed E-state index contributed by atoms with van der Waals surface area (Å²) >= 11 is 0. The van der Waals surface area contributed by atoms with Crippen LogP contribution in [0, 0.1) is 0 Å². The highest BCUT2D eigenvalue weighted by Gasteiger charge is 2.26. The molecule has 0 saturated carbocycles. The van der Waals surface area contributed by atoms with Crippen LogP contribution in [0.15, 0.2) is 65.6 Å². The Labute approximate surface area is 152 Å². The van der Waals surface area contributed by atoms with Crippen molar-refractivity contribution in [1.82, 2.24) is 19.9 Å². The van der Waals surface area contributed by atoms with Crippen molar-refractivity contribution in [2.75, 3.05) is 6.54 Å². The smallest absolute Gasteiger partial charge is 0.251 e. The molecule has 0 bridgehead atoms. The van der Waals surface area contributed by atoms with E-state index in [1.165, 1.54) is 12.0 Å². The standard InChI is InChI=1S/C21H22N4O/c26-20-14-18(23-21(24-20)17-10-4-6-12-22-17)19-11-5-7-13-25(19)15-16-8-2-1-3-9-16/h1-4,6,8-10,12,14,19H,5,7,11,13,15H2,(H,23,24,26)/t19-/m1/s1. The Hall–Kier alpha value is -2.79. The molecule has 1 atom stereocenters. The number of rotatable bonds is 4. The van der Waals surface area contributed by atoms with Gasteiger partial charge < -0.3 is 4.98 Å². The molecule has 0 spiro atoms. The van der Waals surface area contributed by atoms with Crippen molar-refractivity contribution in [1.29, 1.82) is 0 Å². The lowest BCUT2D eigenvalue weighted by Crippen LogP contribution is -2.34. The van der Waals surface area contributed by atoms with Crippen LogP contribution in [0.2, 0.25) is 0 Å². The van der Waals surface area contributed by atoms with Crippen molar-refractivity contribution in [3.05, 3.63) is 82.4 Å². The molecule has 26 heavy (non-hydrogen) atoms. The number of nitrogens with one attached hydrogen (secondary N) is 1. The summed E-state index contributed by atoms with van der Waals surface area (Å²) in [5, 5.41) is 0. The number of hydrogen-bond acceptors (Lipinski definition) is 4. The Bertz CT molecular complexity index is 908. The number of likely N-dealkylation sites (tertiary alicyclic amines) is 1. The van der Waals surface area contributed by atoms with E-state index in [4.69, 9.17) is 4.98 Å². The summed E-state index contributed by atoms with van der Waals surface area (Å²) in [5.41, 5.74) is 2.69. The Morgan fingerprint density at radius 2 is 1.92 bits per heavy atom. The fourth-order valence-electron chi connectivity index (χ4n) is 3.60. The molecule has 4 rings (SSSR count). The summed E-state index contributed by atoms with van der Waals surface area (Å²) in [6.45, 7) is 1.89. The minimum Gasteiger partial charge on any atom is -0.305 e. The number of pyridine rings is 1. The van der Waals surface area contributed by atoms with E-state index in [1.807, 2.05) is 24.3 Å². The summed E-state index contributed by atoms with van der Waals surface area (Å²) in [7, 11) is 0. The number of aromatic amines is 1. The summed E-state index contributed by atoms with van der Waals surface area (Å²) in [5.74, 6) is 0.540. The third-order valence-corrected chi connectivity index (χ3v) is 4.85. The molecule has 132 valence electrons. The zero-order valence-corrected chi connectivity index (χ0v) is 14.6. The quantitative estimate of drug-likeness (QED) is 0.785. The van der Waals surface area contributed by atoms with Crippen LogP contribution in [-0.2, 0) is 6.54 Å². The first-order chi connectivity index (χ1) is 12.8. The number of hydrogen-bond donors (Lipinski definition) is 1. The largest absolute Gasteiger partial charge is 0.305 e. The van der Waals surface area contributed by atoms with Crippen LogP contribution in [0.3, 0.4) is 0 Å². The Kier molecular flexibility index (Phi) is 4.88. The van der Waals surface area contributed by atoms with Gasteiger partial charge in [0, 0.05) is 18.8 Å². The second-order valence-corrected chi connectivity index (χ2v) is 6.70. The van der Waals surface area contributed by atoms with Crippen molar-refractivity contribution in [3.8, 4) is 11.5 Å². The highest BCUT2D eigenvalue weighted by molar-refractivity contribution is 5.48. The van der Waals surface area contributed by atoms with E-state index in [2.05, 4.69) is 39.1 Å². The van der Waals surface area contributed by atoms with E-state index in [9.17, 15) is 4.79 Å². The molecule has 2 aromatic heterocycles. The Morgan fingerprint density at radius 3 is 2.73 bits per heavy atom. The number of H-pyrrole nitrogens is 1. The van der Waals surface area contributed by atoms with Crippen LogP contribution >= 0.6 is 0 Å². The van der Waals surface area contributed by atoms with Gasteiger partial charge in [0.25, 0.3) is 5.56 Å². The molecule has 1 N–H and O–H groups in total. The Balaban J connectivity index is 1.66. The lowest BCUT2D eigenvalue weighted by molar-refractivity contribution is 0.137. The van der Waals surface area contributed by atoms with Crippen molar-refractivity contribution in [3.63, 3.8) is 0 Å². The average Bonchev–Trinajstić information content (AvgIpc) is 2.69. The first kappa shape index (κ1) is 16.7. The maximum atomic E-state index is 12.3. The normalized spacial score (nSPS) is 17.9. The van der Waals surface area contributed by atoms with Gasteiger partial charge in [0.05, 0.1) is 11.7 Å². The summed E-state index contributed by atoms with van der Waals surface area (Å²) in [6.07, 6.45) is 5.07. The predicted molar refractivity (Wildman–Crippen MR) is 102 cm³/mol. The van der Waals surface area contributed by atoms with Gasteiger partial charge in [0.15, 0.2) is 5.82 Å². The van der Waals surface area contributed by atoms with E-state index in [0.29, 0.717) is 11.5 Å². The lowest BCUT2D eigenvalue weighted by atomic mass is 9.98. The van der Waals surface area contributed by atoms with Gasteiger partial charge in [0.1, 0.15) is 5.69 Å². The predicted octanol–water partition coefficient (Wildman–Crippen LogP) is 3.56. The second kappa shape index (κ2) is 7.62. The van der Waals surface area contributed by atoms with E-state index >= 15 is 0 Å². The lowest BCUT2D eigenvalue weighted by Gasteiger charge is -2.35. The fraction of sp³-hybridized carbons (Fsp3) is 0.286. The Morgan fingerprint density at radius 1 is 1.08 bits per heavy atom. The van der Waals surface area contributed by atoms with Crippen LogP contribution in [0.25, 0.3) is 11.5 Å². The summed E-state index contributed by atoms with van der Waals surface area (Å²) in [6, 6.07) is 17.9. The SMILES string of the molecule is O=c1cc([C@H]2CCCCN2Cc2ccccc2)nc(-c2ccccn2)[nH]1. The molecule has 0 unspecified atom stereocenters. The third-order valence-electron chi connectivity index (χ3n) is 4.85. The maximum Gasteiger partial charge on any atom is 0.251 e. The molecule has 3 heterocycles. The molecular weight excluding hydrogens is 324 g/mol. The molecule has 5 heteroatoms. The molecule has 1 aliphatic heterocycles. The van der Waals surface area contributed by atoms with E-state index in [-0.39, 0.29) is 11.6 Å². The van der Waals surface area contributed by atoms with Gasteiger partial charge in [-0.2, -0.15) is 0 Å². The summed E-state index contributed by atoms with van der Waals surface area (Å²) in [4.78, 5) is 26.6. The number of aromatic nitrogens is 3. The first-order valence-corrected chi connectivity index (χ1v) is 9.10. The minimum absolute atomic E-state index is 0.124. The molecule has 3 aromatic rings. The van der Waals surface area contributed by atoms with Gasteiger partial charge in [0.2, 0.25) is 0 Å². The van der Waals surface area contributed by atoms with Crippen LogP contribution in [0.4, 0.5) is 0 Å². The van der Waals surface area contributed by atoms with Crippen molar-refractivity contribution in [2.45, 2.75) is 31.8 Å². The molecule has 1 fully saturated rings. The monoisotopic (exact) mass is 346 g/mol. The molecule has 0 radical (unpaired) electrons. The molecular formula is C21H22N4O. The molecule has 5 nitrogen and oxygen atoms in total. The number of benzene rings is 1. The van der Waals surface area contributed by atoms with E-state index < -0.39 is 0 Å². The number of nitrogens with zero attached hydrogens (tertiary/aromatic N) is 3. The van der Waals surface area contributed by atoms with E-state index in [1.54, 1.807) is 12.3 Å². The molecule has 1 aromatic carbocycles. The molecule has 1 aliphatic rings. The highest BCUT2D eigenvalue weighted by Crippen LogP contribution is 2.31. The fourth-order valence-corrected chi connectivity index (χ4v) is 3.60. The van der Waals surface area contributed by atoms with Gasteiger partial charge in [-0.3, -0.25) is 14.7 Å². The van der Waals surface area contributed by atoms with Crippen LogP contribution < -0.4 is 5.56 Å². The summed E-state index contributed by atoms with van der Waals surface area (Å²) < 4.78 is 0. The highest BCUT2D eigenvalue weighted by atomic mass is 16.1. The maximum absolute atomic E-state index is 12.3. The molecule has 1 saturated heterocycles. The van der Waals surface area contributed by atoms with Crippen LogP contribution in [-0.4, -0.2) is 26.4 Å². The van der Waals surface area contributed by atoms with Crippen molar-refractivity contribution >= 4 is 0 Å². The van der Waals surface area contributed by atoms with Gasteiger partial charge in [-0.15, -0.1) is 0 Å². The zero-order valence-electron chi connectivity index (χ0n) is 14.6. The van der Waals surface area contributed by atoms with Gasteiger partial charge in [-0.05, 0) is 37.1 Å². The minimum atomic E-state index is -0.124. The van der Waals surface area contributed by atoms with Crippen LogP contribution in [0.5, 0.6) is 0 Å². The molecule has 0 aliphatic carbocycles. The van der Waals surface area contributed by atoms with Crippen molar-refractivity contribution < 1.29 is 0 Å². The third kappa shape index (κ3) is 3.73. The van der Waals surface area contributed by atoms with Gasteiger partial charge in [-0.1, -0.05) is 42.8 Å². The average molecular weight is 346 g/mol. The molecule has 0 amide bonds. The zero-order chi connectivity index (χ0) is 17.8. The topological polar surface area (TPSA) is 61.9 Å². The van der Waals surface area contributed by atoms with Crippen LogP contribution in [0.1, 0.15) is 36.6 Å². The van der Waals surface area contributed by atoms with Gasteiger partial charge in [-0.25, -0.2) is 4.98 Å².